The molecule has 0 radical (unpaired) electrons. The average Bonchev–Trinajstić information content (AvgIpc) is 2.08. The number of aldehydes is 1. The molecule has 6 heteroatoms. The van der Waals surface area contributed by atoms with Crippen LogP contribution < -0.4 is 11.5 Å². The third kappa shape index (κ3) is 1.56. The van der Waals surface area contributed by atoms with Gasteiger partial charge < -0.3 is 11.5 Å². The maximum atomic E-state index is 12.3. The van der Waals surface area contributed by atoms with Crippen LogP contribution >= 0.6 is 0 Å². The van der Waals surface area contributed by atoms with E-state index in [0.29, 0.717) is 0 Å². The number of rotatable bonds is 2. The first kappa shape index (κ1) is 9.37. The van der Waals surface area contributed by atoms with Crippen LogP contribution in [-0.2, 0) is 0 Å². The van der Waals surface area contributed by atoms with E-state index in [1.54, 1.807) is 0 Å². The molecule has 0 saturated carbocycles. The van der Waals surface area contributed by atoms with Gasteiger partial charge in [0, 0.05) is 0 Å². The molecule has 0 aliphatic rings. The molecule has 0 aliphatic carbocycles. The quantitative estimate of drug-likeness (QED) is 0.676. The lowest BCUT2D eigenvalue weighted by Crippen LogP contribution is -2.06. The largest absolute Gasteiger partial charge is 0.397 e. The Morgan fingerprint density at radius 2 is 2.08 bits per heavy atom. The molecule has 0 atom stereocenters. The predicted molar refractivity (Wildman–Crippen MR) is 43.4 cm³/mol. The number of carbonyl (C=O) groups is 1. The fourth-order valence-corrected chi connectivity index (χ4v) is 0.895. The van der Waals surface area contributed by atoms with Crippen molar-refractivity contribution in [2.75, 3.05) is 11.5 Å². The van der Waals surface area contributed by atoms with Crippen LogP contribution in [0.4, 0.5) is 20.2 Å². The Morgan fingerprint density at radius 3 is 2.54 bits per heavy atom. The van der Waals surface area contributed by atoms with Gasteiger partial charge in [0.15, 0.2) is 6.29 Å². The van der Waals surface area contributed by atoms with Crippen molar-refractivity contribution in [2.45, 2.75) is 6.43 Å². The third-order valence-electron chi connectivity index (χ3n) is 1.55. The maximum Gasteiger partial charge on any atom is 0.268 e. The van der Waals surface area contributed by atoms with Gasteiger partial charge in [-0.15, -0.1) is 0 Å². The molecule has 1 aromatic rings. The zero-order valence-corrected chi connectivity index (χ0v) is 6.50. The van der Waals surface area contributed by atoms with Gasteiger partial charge in [0.2, 0.25) is 0 Å². The van der Waals surface area contributed by atoms with Crippen LogP contribution in [0.5, 0.6) is 0 Å². The number of halogens is 2. The van der Waals surface area contributed by atoms with E-state index >= 15 is 0 Å². The van der Waals surface area contributed by atoms with E-state index in [9.17, 15) is 13.6 Å². The van der Waals surface area contributed by atoms with Gasteiger partial charge in [0.05, 0.1) is 23.1 Å². The number of hydrogen-bond donors (Lipinski definition) is 2. The first-order chi connectivity index (χ1) is 6.07. The van der Waals surface area contributed by atoms with Gasteiger partial charge in [-0.3, -0.25) is 9.78 Å². The van der Waals surface area contributed by atoms with Crippen LogP contribution in [0.25, 0.3) is 0 Å². The van der Waals surface area contributed by atoms with E-state index in [1.807, 2.05) is 0 Å². The van der Waals surface area contributed by atoms with Crippen molar-refractivity contribution in [2.24, 2.45) is 0 Å². The Balaban J connectivity index is 3.41. The van der Waals surface area contributed by atoms with Crippen LogP contribution in [0.15, 0.2) is 6.20 Å². The molecule has 4 N–H and O–H groups in total. The highest BCUT2D eigenvalue weighted by molar-refractivity contribution is 5.81. The number of anilines is 2. The van der Waals surface area contributed by atoms with Gasteiger partial charge in [0.25, 0.3) is 6.43 Å². The normalized spacial score (nSPS) is 10.4. The minimum absolute atomic E-state index is 0.0547. The molecule has 4 nitrogen and oxygen atoms in total. The SMILES string of the molecule is Nc1cnc(C=O)c(C(F)F)c1N. The molecule has 0 unspecified atom stereocenters. The summed E-state index contributed by atoms with van der Waals surface area (Å²) in [4.78, 5) is 13.7. The molecule has 13 heavy (non-hydrogen) atoms. The van der Waals surface area contributed by atoms with E-state index in [-0.39, 0.29) is 23.4 Å². The molecule has 0 fully saturated rings. The molecule has 0 aromatic carbocycles. The summed E-state index contributed by atoms with van der Waals surface area (Å²) >= 11 is 0. The lowest BCUT2D eigenvalue weighted by molar-refractivity contribution is 0.110. The van der Waals surface area contributed by atoms with E-state index < -0.39 is 12.0 Å². The number of hydrogen-bond acceptors (Lipinski definition) is 4. The van der Waals surface area contributed by atoms with Gasteiger partial charge >= 0.3 is 0 Å². The first-order valence-electron chi connectivity index (χ1n) is 3.35. The molecule has 1 rings (SSSR count). The molecule has 0 bridgehead atoms. The van der Waals surface area contributed by atoms with Crippen LogP contribution in [0.3, 0.4) is 0 Å². The molecule has 0 saturated heterocycles. The van der Waals surface area contributed by atoms with Gasteiger partial charge in [0.1, 0.15) is 5.69 Å². The van der Waals surface area contributed by atoms with Crippen molar-refractivity contribution in [3.05, 3.63) is 17.5 Å². The number of nitrogens with zero attached hydrogens (tertiary/aromatic N) is 1. The topological polar surface area (TPSA) is 82.0 Å². The van der Waals surface area contributed by atoms with Crippen molar-refractivity contribution in [3.8, 4) is 0 Å². The van der Waals surface area contributed by atoms with E-state index in [0.717, 1.165) is 6.20 Å². The van der Waals surface area contributed by atoms with E-state index in [4.69, 9.17) is 11.5 Å². The Hall–Kier alpha value is -1.72. The standard InChI is InChI=1S/C7H7F2N3O/c8-7(9)5-4(2-13)12-1-3(10)6(5)11/h1-2,7H,10H2,(H2,11,12). The Bertz CT molecular complexity index is 341. The number of aromatic nitrogens is 1. The summed E-state index contributed by atoms with van der Waals surface area (Å²) in [5.74, 6) is 0. The maximum absolute atomic E-state index is 12.3. The molecule has 1 heterocycles. The lowest BCUT2D eigenvalue weighted by atomic mass is 10.1. The highest BCUT2D eigenvalue weighted by Gasteiger charge is 2.19. The van der Waals surface area contributed by atoms with Gasteiger partial charge in [-0.2, -0.15) is 0 Å². The van der Waals surface area contributed by atoms with Gasteiger partial charge in [-0.25, -0.2) is 8.78 Å². The highest BCUT2D eigenvalue weighted by Crippen LogP contribution is 2.30. The second kappa shape index (κ2) is 3.34. The number of alkyl halides is 2. The van der Waals surface area contributed by atoms with E-state index in [1.165, 1.54) is 0 Å². The Labute approximate surface area is 72.6 Å². The molecule has 0 amide bonds. The fourth-order valence-electron chi connectivity index (χ4n) is 0.895. The lowest BCUT2D eigenvalue weighted by Gasteiger charge is -2.08. The fraction of sp³-hybridized carbons (Fsp3) is 0.143. The zero-order valence-electron chi connectivity index (χ0n) is 6.50. The molecule has 0 aliphatic heterocycles. The zero-order chi connectivity index (χ0) is 10.0. The molecule has 1 aromatic heterocycles. The third-order valence-corrected chi connectivity index (χ3v) is 1.55. The second-order valence-corrected chi connectivity index (χ2v) is 2.34. The van der Waals surface area contributed by atoms with Crippen LogP contribution in [0.1, 0.15) is 22.5 Å². The Morgan fingerprint density at radius 1 is 1.46 bits per heavy atom. The van der Waals surface area contributed by atoms with Crippen molar-refractivity contribution >= 4 is 17.7 Å². The summed E-state index contributed by atoms with van der Waals surface area (Å²) in [6.07, 6.45) is -1.56. The highest BCUT2D eigenvalue weighted by atomic mass is 19.3. The van der Waals surface area contributed by atoms with Crippen LogP contribution in [0.2, 0.25) is 0 Å². The summed E-state index contributed by atoms with van der Waals surface area (Å²) in [5.41, 5.74) is 9.19. The van der Waals surface area contributed by atoms with E-state index in [2.05, 4.69) is 4.98 Å². The second-order valence-electron chi connectivity index (χ2n) is 2.34. The molecule has 70 valence electrons. The predicted octanol–water partition coefficient (Wildman–Crippen LogP) is 0.996. The minimum atomic E-state index is -2.85. The van der Waals surface area contributed by atoms with Crippen molar-refractivity contribution < 1.29 is 13.6 Å². The van der Waals surface area contributed by atoms with Crippen LogP contribution in [-0.4, -0.2) is 11.3 Å². The smallest absolute Gasteiger partial charge is 0.268 e. The van der Waals surface area contributed by atoms with Gasteiger partial charge in [-0.05, 0) is 0 Å². The van der Waals surface area contributed by atoms with Crippen molar-refractivity contribution in [3.63, 3.8) is 0 Å². The van der Waals surface area contributed by atoms with Crippen molar-refractivity contribution in [1.29, 1.82) is 0 Å². The van der Waals surface area contributed by atoms with Crippen LogP contribution in [0, 0.1) is 0 Å². The summed E-state index contributed by atoms with van der Waals surface area (Å²) in [5, 5.41) is 0. The average molecular weight is 187 g/mol. The van der Waals surface area contributed by atoms with Gasteiger partial charge in [-0.1, -0.05) is 0 Å². The first-order valence-corrected chi connectivity index (χ1v) is 3.35. The number of carbonyl (C=O) groups excluding carboxylic acids is 1. The summed E-state index contributed by atoms with van der Waals surface area (Å²) in [6.45, 7) is 0. The molecular weight excluding hydrogens is 180 g/mol. The number of pyridine rings is 1. The summed E-state index contributed by atoms with van der Waals surface area (Å²) in [7, 11) is 0. The number of nitrogen functional groups attached to an aromatic ring is 2. The summed E-state index contributed by atoms with van der Waals surface area (Å²) < 4.78 is 24.6. The molecular formula is C7H7F2N3O. The molecule has 0 spiro atoms. The summed E-state index contributed by atoms with van der Waals surface area (Å²) in [6, 6.07) is 0. The minimum Gasteiger partial charge on any atom is -0.397 e. The monoisotopic (exact) mass is 187 g/mol. The number of nitrogens with two attached hydrogens (primary N) is 2. The Kier molecular flexibility index (Phi) is 2.41. The van der Waals surface area contributed by atoms with Crippen molar-refractivity contribution in [1.82, 2.24) is 4.98 Å².